The smallest absolute Gasteiger partial charge is 0.329 e. The summed E-state index contributed by atoms with van der Waals surface area (Å²) in [6.07, 6.45) is 11.4. The molecule has 3 heterocycles. The lowest BCUT2D eigenvalue weighted by atomic mass is 9.78. The predicted octanol–water partition coefficient (Wildman–Crippen LogP) is 7.97. The van der Waals surface area contributed by atoms with Gasteiger partial charge < -0.3 is 48.6 Å². The molecule has 2 bridgehead atoms. The number of carbonyl (C=O) groups excluding carboxylic acids is 5. The Balaban J connectivity index is 1.53. The van der Waals surface area contributed by atoms with Gasteiger partial charge in [-0.2, -0.15) is 0 Å². The molecule has 15 heteroatoms. The number of Topliss-reactive ketones (excluding diaryl/α,β-unsaturated/α-hetero) is 3. The molecule has 2 saturated heterocycles. The summed E-state index contributed by atoms with van der Waals surface area (Å²) in [5.74, 6) is -7.37. The maximum absolute atomic E-state index is 14.6. The third kappa shape index (κ3) is 15.1. The Hall–Kier alpha value is -4.51. The zero-order valence-corrected chi connectivity index (χ0v) is 45.3. The summed E-state index contributed by atoms with van der Waals surface area (Å²) in [5, 5.41) is 34.4. The Labute approximate surface area is 433 Å². The molecule has 1 aromatic rings. The molecule has 1 amide bonds. The van der Waals surface area contributed by atoms with Crippen molar-refractivity contribution in [3.63, 3.8) is 0 Å². The minimum absolute atomic E-state index is 0.0135. The molecular formula is C58H85NO14. The van der Waals surface area contributed by atoms with Crippen molar-refractivity contribution in [2.45, 2.75) is 180 Å². The molecule has 0 spiro atoms. The summed E-state index contributed by atoms with van der Waals surface area (Å²) >= 11 is 0. The number of fused-ring (bicyclic) bond motifs is 3. The summed E-state index contributed by atoms with van der Waals surface area (Å²) in [6, 6.07) is 4.39. The number of ether oxygens (including phenoxy) is 6. The third-order valence-corrected chi connectivity index (χ3v) is 16.1. The van der Waals surface area contributed by atoms with E-state index in [0.29, 0.717) is 81.3 Å². The molecule has 406 valence electrons. The van der Waals surface area contributed by atoms with E-state index in [1.54, 1.807) is 54.2 Å². The van der Waals surface area contributed by atoms with Crippen LogP contribution in [0.5, 0.6) is 11.5 Å². The van der Waals surface area contributed by atoms with Gasteiger partial charge in [-0.1, -0.05) is 82.7 Å². The lowest BCUT2D eigenvalue weighted by Gasteiger charge is -2.43. The molecule has 1 aliphatic carbocycles. The Morgan fingerprint density at radius 3 is 2.26 bits per heavy atom. The van der Waals surface area contributed by atoms with Crippen molar-refractivity contribution >= 4 is 29.2 Å². The summed E-state index contributed by atoms with van der Waals surface area (Å²) in [6.45, 7) is 12.8. The van der Waals surface area contributed by atoms with E-state index in [2.05, 4.69) is 0 Å². The fraction of sp³-hybridized carbons (Fsp3) is 0.672. The first-order chi connectivity index (χ1) is 34.7. The lowest BCUT2D eigenvalue weighted by Crippen LogP contribution is -2.60. The number of cyclic esters (lactones) is 1. The molecule has 3 fully saturated rings. The third-order valence-electron chi connectivity index (χ3n) is 16.1. The second-order valence-corrected chi connectivity index (χ2v) is 21.5. The Kier molecular flexibility index (Phi) is 22.2. The molecule has 0 radical (unpaired) electrons. The highest BCUT2D eigenvalue weighted by Crippen LogP contribution is 2.43. The molecule has 1 aromatic carbocycles. The predicted molar refractivity (Wildman–Crippen MR) is 277 cm³/mol. The number of carbonyl (C=O) groups is 5. The van der Waals surface area contributed by atoms with Gasteiger partial charge in [0.2, 0.25) is 5.79 Å². The summed E-state index contributed by atoms with van der Waals surface area (Å²) in [5.41, 5.74) is 2.14. The van der Waals surface area contributed by atoms with Crippen molar-refractivity contribution in [1.82, 2.24) is 4.90 Å². The van der Waals surface area contributed by atoms with E-state index >= 15 is 0 Å². The Bertz CT molecular complexity index is 2180. The number of ketones is 3. The zero-order chi connectivity index (χ0) is 53.7. The largest absolute Gasteiger partial charge is 0.497 e. The number of piperidine rings is 1. The van der Waals surface area contributed by atoms with Gasteiger partial charge in [0.25, 0.3) is 11.7 Å². The Morgan fingerprint density at radius 2 is 1.58 bits per heavy atom. The van der Waals surface area contributed by atoms with Gasteiger partial charge in [-0.3, -0.25) is 19.2 Å². The molecule has 15 atom stereocenters. The lowest BCUT2D eigenvalue weighted by molar-refractivity contribution is -0.264. The second-order valence-electron chi connectivity index (χ2n) is 21.5. The van der Waals surface area contributed by atoms with E-state index < -0.39 is 77.8 Å². The first-order valence-electron chi connectivity index (χ1n) is 26.5. The molecule has 0 aromatic heterocycles. The maximum Gasteiger partial charge on any atom is 0.329 e. The second kappa shape index (κ2) is 27.3. The number of aliphatic hydroxyl groups excluding tert-OH is 2. The van der Waals surface area contributed by atoms with E-state index in [4.69, 9.17) is 28.4 Å². The van der Waals surface area contributed by atoms with E-state index in [0.717, 1.165) is 11.1 Å². The molecule has 3 N–H and O–H groups in total. The van der Waals surface area contributed by atoms with E-state index in [1.807, 2.05) is 70.2 Å². The van der Waals surface area contributed by atoms with Crippen LogP contribution in [0.1, 0.15) is 137 Å². The highest BCUT2D eigenvalue weighted by atomic mass is 16.6. The summed E-state index contributed by atoms with van der Waals surface area (Å²) in [4.78, 5) is 72.9. The number of amides is 1. The van der Waals surface area contributed by atoms with Gasteiger partial charge >= 0.3 is 5.97 Å². The zero-order valence-electron chi connectivity index (χ0n) is 45.3. The van der Waals surface area contributed by atoms with Gasteiger partial charge in [0.05, 0.1) is 32.5 Å². The van der Waals surface area contributed by atoms with Crippen LogP contribution < -0.4 is 9.47 Å². The standard InChI is InChI=1S/C58H85NO14/c1-34-17-13-12-14-18-35(2)45(44-24-23-42(68-8)32-50(44)69-9)31-43-22-20-40(7)58(67,73-43)55(64)56(65)59-26-16-15-19-46(59)57(66)72-49(37(4)29-41-21-25-47(60)51(30-41)70-10)33-48(61)36(3)28-39(6)53(63)54(71-11)52(62)38(5)27-34/h12-14,17-18,23-24,28,32,34,36-38,40-41,43,45-47,49,51,53-54,60,63,67H,15-16,19-22,25-27,29-31,33H2,1-11H3/b14-12+,17-13-,35-18+,39-28+/t34-,36-,37-,38-,40-,41+,43+,45-,46+,47-,49+,51-,53-,54+,58-/m1/s1. The maximum atomic E-state index is 14.6. The highest BCUT2D eigenvalue weighted by molar-refractivity contribution is 6.39. The van der Waals surface area contributed by atoms with Crippen molar-refractivity contribution in [3.8, 4) is 11.5 Å². The molecule has 73 heavy (non-hydrogen) atoms. The minimum Gasteiger partial charge on any atom is -0.497 e. The van der Waals surface area contributed by atoms with E-state index in [9.17, 15) is 39.3 Å². The van der Waals surface area contributed by atoms with Gasteiger partial charge in [-0.15, -0.1) is 0 Å². The molecule has 0 unspecified atom stereocenters. The average molecular weight is 1020 g/mol. The number of hydrogen-bond donors (Lipinski definition) is 3. The molecule has 1 saturated carbocycles. The molecule has 3 aliphatic heterocycles. The molecule has 5 rings (SSSR count). The molecular weight excluding hydrogens is 935 g/mol. The molecule has 15 nitrogen and oxygen atoms in total. The van der Waals surface area contributed by atoms with Crippen molar-refractivity contribution < 1.29 is 67.7 Å². The quantitative estimate of drug-likeness (QED) is 0.128. The van der Waals surface area contributed by atoms with Crippen LogP contribution in [0.25, 0.3) is 0 Å². The van der Waals surface area contributed by atoms with Gasteiger partial charge in [0.1, 0.15) is 41.6 Å². The number of allylic oxidation sites excluding steroid dienone is 7. The fourth-order valence-corrected chi connectivity index (χ4v) is 11.3. The first-order valence-corrected chi connectivity index (χ1v) is 26.5. The monoisotopic (exact) mass is 1020 g/mol. The number of rotatable bonds is 8. The van der Waals surface area contributed by atoms with Crippen molar-refractivity contribution in [2.75, 3.05) is 35.0 Å². The highest BCUT2D eigenvalue weighted by Gasteiger charge is 2.53. The van der Waals surface area contributed by atoms with Gasteiger partial charge in [0.15, 0.2) is 5.78 Å². The summed E-state index contributed by atoms with van der Waals surface area (Å²) < 4.78 is 35.3. The number of hydrogen-bond acceptors (Lipinski definition) is 14. The van der Waals surface area contributed by atoms with Crippen LogP contribution in [0.15, 0.2) is 65.8 Å². The minimum atomic E-state index is -2.49. The topological polar surface area (TPSA) is 205 Å². The van der Waals surface area contributed by atoms with Crippen LogP contribution in [-0.4, -0.2) is 133 Å². The van der Waals surface area contributed by atoms with Crippen LogP contribution in [0.2, 0.25) is 0 Å². The Morgan fingerprint density at radius 1 is 0.836 bits per heavy atom. The fourth-order valence-electron chi connectivity index (χ4n) is 11.3. The van der Waals surface area contributed by atoms with E-state index in [1.165, 1.54) is 12.0 Å². The first kappa shape index (κ1) is 59.4. The van der Waals surface area contributed by atoms with E-state index in [-0.39, 0.29) is 60.7 Å². The number of benzene rings is 1. The average Bonchev–Trinajstić information content (AvgIpc) is 3.38. The van der Waals surface area contributed by atoms with Crippen molar-refractivity contribution in [2.24, 2.45) is 35.5 Å². The number of methoxy groups -OCH3 is 4. The van der Waals surface area contributed by atoms with Gasteiger partial charge in [-0.05, 0) is 114 Å². The van der Waals surface area contributed by atoms with Crippen molar-refractivity contribution in [3.05, 3.63) is 71.4 Å². The summed E-state index contributed by atoms with van der Waals surface area (Å²) in [7, 11) is 6.10. The van der Waals surface area contributed by atoms with Gasteiger partial charge in [0, 0.05) is 62.5 Å². The number of nitrogens with zero attached hydrogens (tertiary/aromatic N) is 1. The number of aliphatic hydroxyl groups is 3. The normalized spacial score (nSPS) is 37.2. The van der Waals surface area contributed by atoms with Crippen LogP contribution in [0.3, 0.4) is 0 Å². The van der Waals surface area contributed by atoms with Crippen LogP contribution in [0.4, 0.5) is 0 Å². The van der Waals surface area contributed by atoms with Gasteiger partial charge in [-0.25, -0.2) is 4.79 Å². The SMILES string of the molecule is COc1ccc([C@@H]2C[C@@H]3CC[C@@H](C)[C@@](O)(O3)C(=O)C(=O)N3CCCC[C@H]3C(=O)O[C@H]([C@H](C)C[C@@H]3CC[C@@H](O)[C@H](OC)C3)CC(=O)[C@H](C)/C=C(\C)[C@@H](O)[C@@H](OC)C(=O)[C@H](C)C[C@H](C)\C=C/C=C/C=C/2C)c(OC)c1. The van der Waals surface area contributed by atoms with Crippen LogP contribution in [0, 0.1) is 35.5 Å². The van der Waals surface area contributed by atoms with Crippen molar-refractivity contribution in [1.29, 1.82) is 0 Å². The van der Waals surface area contributed by atoms with Crippen LogP contribution >= 0.6 is 0 Å². The molecule has 4 aliphatic rings. The number of esters is 1. The van der Waals surface area contributed by atoms with Crippen LogP contribution in [-0.2, 0) is 42.9 Å².